The molecule has 1 aliphatic carbocycles. The number of rotatable bonds is 3. The largest absolute Gasteiger partial charge is 0.341 e. The van der Waals surface area contributed by atoms with Gasteiger partial charge in [0, 0.05) is 23.4 Å². The predicted octanol–water partition coefficient (Wildman–Crippen LogP) is 4.24. The third-order valence-corrected chi connectivity index (χ3v) is 4.51. The van der Waals surface area contributed by atoms with Gasteiger partial charge in [-0.05, 0) is 37.0 Å². The summed E-state index contributed by atoms with van der Waals surface area (Å²) < 4.78 is 0. The lowest BCUT2D eigenvalue weighted by Crippen LogP contribution is -2.37. The van der Waals surface area contributed by atoms with Gasteiger partial charge in [-0.2, -0.15) is 0 Å². The molecule has 1 fully saturated rings. The maximum Gasteiger partial charge on any atom is 0.255 e. The number of alkyl halides is 1. The van der Waals surface area contributed by atoms with Crippen LogP contribution in [-0.4, -0.2) is 29.2 Å². The van der Waals surface area contributed by atoms with E-state index in [-0.39, 0.29) is 5.91 Å². The summed E-state index contributed by atoms with van der Waals surface area (Å²) in [5.74, 6) is 0.545. The first-order chi connectivity index (χ1) is 8.47. The normalized spacial score (nSPS) is 22.4. The van der Waals surface area contributed by atoms with E-state index in [9.17, 15) is 4.79 Å². The molecule has 0 spiro atoms. The minimum Gasteiger partial charge on any atom is -0.341 e. The first-order valence-corrected chi connectivity index (χ1v) is 7.49. The molecule has 1 saturated carbocycles. The third-order valence-electron chi connectivity index (χ3n) is 3.22. The first kappa shape index (κ1) is 14.2. The van der Waals surface area contributed by atoms with Gasteiger partial charge in [0.1, 0.15) is 0 Å². The quantitative estimate of drug-likeness (QED) is 0.746. The highest BCUT2D eigenvalue weighted by atomic mass is 79.9. The first-order valence-electron chi connectivity index (χ1n) is 5.82. The number of carbonyl (C=O) groups is 1. The van der Waals surface area contributed by atoms with E-state index in [1.54, 1.807) is 23.1 Å². The van der Waals surface area contributed by atoms with Crippen molar-refractivity contribution in [2.75, 3.05) is 13.6 Å². The van der Waals surface area contributed by atoms with E-state index in [2.05, 4.69) is 15.9 Å². The fourth-order valence-corrected chi connectivity index (χ4v) is 3.69. The van der Waals surface area contributed by atoms with Gasteiger partial charge in [-0.1, -0.05) is 39.1 Å². The van der Waals surface area contributed by atoms with Gasteiger partial charge in [0.05, 0.1) is 10.6 Å². The van der Waals surface area contributed by atoms with Crippen LogP contribution in [0.2, 0.25) is 10.0 Å². The number of amides is 1. The Bertz CT molecular complexity index is 460. The minimum absolute atomic E-state index is 0.0466. The van der Waals surface area contributed by atoms with Crippen LogP contribution in [0.15, 0.2) is 18.2 Å². The van der Waals surface area contributed by atoms with Crippen molar-refractivity contribution in [3.8, 4) is 0 Å². The molecular formula is C13H14BrCl2NO. The van der Waals surface area contributed by atoms with Gasteiger partial charge in [0.2, 0.25) is 0 Å². The summed E-state index contributed by atoms with van der Waals surface area (Å²) in [6.45, 7) is 0.778. The van der Waals surface area contributed by atoms with Gasteiger partial charge in [-0.25, -0.2) is 0 Å². The van der Waals surface area contributed by atoms with Crippen molar-refractivity contribution < 1.29 is 4.79 Å². The molecular weight excluding hydrogens is 337 g/mol. The Morgan fingerprint density at radius 1 is 1.44 bits per heavy atom. The molecule has 5 heteroatoms. The van der Waals surface area contributed by atoms with E-state index >= 15 is 0 Å². The number of hydrogen-bond donors (Lipinski definition) is 0. The predicted molar refractivity (Wildman–Crippen MR) is 78.9 cm³/mol. The Hall–Kier alpha value is -0.250. The SMILES string of the molecule is CN(CC1CC(Br)C1)C(=O)c1ccc(Cl)cc1Cl. The maximum atomic E-state index is 12.2. The maximum absolute atomic E-state index is 12.2. The average molecular weight is 351 g/mol. The molecule has 18 heavy (non-hydrogen) atoms. The molecule has 1 aromatic rings. The Morgan fingerprint density at radius 3 is 2.67 bits per heavy atom. The Balaban J connectivity index is 2.01. The monoisotopic (exact) mass is 349 g/mol. The van der Waals surface area contributed by atoms with Crippen LogP contribution in [0.1, 0.15) is 23.2 Å². The van der Waals surface area contributed by atoms with Crippen molar-refractivity contribution in [2.24, 2.45) is 5.92 Å². The van der Waals surface area contributed by atoms with Crippen LogP contribution in [-0.2, 0) is 0 Å². The van der Waals surface area contributed by atoms with E-state index in [0.717, 1.165) is 19.4 Å². The fraction of sp³-hybridized carbons (Fsp3) is 0.462. The van der Waals surface area contributed by atoms with Gasteiger partial charge >= 0.3 is 0 Å². The fourth-order valence-electron chi connectivity index (χ4n) is 2.14. The van der Waals surface area contributed by atoms with E-state index in [0.29, 0.717) is 26.4 Å². The number of halogens is 3. The second-order valence-corrected chi connectivity index (χ2v) is 6.88. The summed E-state index contributed by atoms with van der Waals surface area (Å²) in [5, 5.41) is 0.951. The van der Waals surface area contributed by atoms with Crippen molar-refractivity contribution in [1.82, 2.24) is 4.90 Å². The van der Waals surface area contributed by atoms with Crippen molar-refractivity contribution in [2.45, 2.75) is 17.7 Å². The van der Waals surface area contributed by atoms with Gasteiger partial charge in [-0.15, -0.1) is 0 Å². The second kappa shape index (κ2) is 5.81. The third kappa shape index (κ3) is 3.19. The summed E-state index contributed by atoms with van der Waals surface area (Å²) >= 11 is 15.4. The van der Waals surface area contributed by atoms with Gasteiger partial charge < -0.3 is 4.90 Å². The molecule has 0 bridgehead atoms. The number of benzene rings is 1. The molecule has 98 valence electrons. The molecule has 0 aromatic heterocycles. The van der Waals surface area contributed by atoms with E-state index < -0.39 is 0 Å². The number of nitrogens with zero attached hydrogens (tertiary/aromatic N) is 1. The summed E-state index contributed by atoms with van der Waals surface area (Å²) in [5.41, 5.74) is 0.512. The molecule has 0 aliphatic heterocycles. The van der Waals surface area contributed by atoms with Crippen LogP contribution in [0, 0.1) is 5.92 Å². The highest BCUT2D eigenvalue weighted by Crippen LogP contribution is 2.34. The lowest BCUT2D eigenvalue weighted by Gasteiger charge is -2.34. The molecule has 2 rings (SSSR count). The molecule has 0 radical (unpaired) electrons. The standard InChI is InChI=1S/C13H14BrCl2NO/c1-17(7-8-4-9(14)5-8)13(18)11-3-2-10(15)6-12(11)16/h2-3,6,8-9H,4-5,7H2,1H3. The zero-order valence-corrected chi connectivity index (χ0v) is 13.1. The van der Waals surface area contributed by atoms with Crippen LogP contribution in [0.4, 0.5) is 0 Å². The molecule has 0 heterocycles. The molecule has 1 aromatic carbocycles. The number of carbonyl (C=O) groups excluding carboxylic acids is 1. The minimum atomic E-state index is -0.0466. The van der Waals surface area contributed by atoms with Crippen LogP contribution in [0.5, 0.6) is 0 Å². The topological polar surface area (TPSA) is 20.3 Å². The van der Waals surface area contributed by atoms with Gasteiger partial charge in [0.25, 0.3) is 5.91 Å². The van der Waals surface area contributed by atoms with E-state index in [1.807, 2.05) is 7.05 Å². The zero-order valence-electron chi connectivity index (χ0n) is 10.00. The van der Waals surface area contributed by atoms with E-state index in [1.165, 1.54) is 0 Å². The summed E-state index contributed by atoms with van der Waals surface area (Å²) in [6, 6.07) is 4.96. The van der Waals surface area contributed by atoms with Crippen molar-refractivity contribution in [3.63, 3.8) is 0 Å². The summed E-state index contributed by atoms with van der Waals surface area (Å²) in [4.78, 5) is 14.6. The molecule has 1 aliphatic rings. The average Bonchev–Trinajstić information content (AvgIpc) is 2.26. The Morgan fingerprint density at radius 2 is 2.11 bits per heavy atom. The molecule has 0 atom stereocenters. The van der Waals surface area contributed by atoms with E-state index in [4.69, 9.17) is 23.2 Å². The van der Waals surface area contributed by atoms with Crippen LogP contribution in [0.25, 0.3) is 0 Å². The van der Waals surface area contributed by atoms with Crippen molar-refractivity contribution in [3.05, 3.63) is 33.8 Å². The second-order valence-electron chi connectivity index (χ2n) is 4.74. The summed E-state index contributed by atoms with van der Waals surface area (Å²) in [7, 11) is 1.81. The van der Waals surface area contributed by atoms with Gasteiger partial charge in [-0.3, -0.25) is 4.79 Å². The highest BCUT2D eigenvalue weighted by molar-refractivity contribution is 9.09. The molecule has 0 N–H and O–H groups in total. The lowest BCUT2D eigenvalue weighted by atomic mass is 9.85. The smallest absolute Gasteiger partial charge is 0.255 e. The number of hydrogen-bond acceptors (Lipinski definition) is 1. The van der Waals surface area contributed by atoms with Crippen molar-refractivity contribution in [1.29, 1.82) is 0 Å². The molecule has 1 amide bonds. The van der Waals surface area contributed by atoms with Crippen LogP contribution in [0.3, 0.4) is 0 Å². The lowest BCUT2D eigenvalue weighted by molar-refractivity contribution is 0.0749. The Labute approximate surface area is 125 Å². The highest BCUT2D eigenvalue weighted by Gasteiger charge is 2.29. The Kier molecular flexibility index (Phi) is 4.57. The van der Waals surface area contributed by atoms with Crippen LogP contribution < -0.4 is 0 Å². The van der Waals surface area contributed by atoms with Crippen LogP contribution >= 0.6 is 39.1 Å². The zero-order chi connectivity index (χ0) is 13.3. The molecule has 2 nitrogen and oxygen atoms in total. The van der Waals surface area contributed by atoms with Gasteiger partial charge in [0.15, 0.2) is 0 Å². The van der Waals surface area contributed by atoms with Crippen molar-refractivity contribution >= 4 is 45.0 Å². The molecule has 0 unspecified atom stereocenters. The molecule has 0 saturated heterocycles. The summed E-state index contributed by atoms with van der Waals surface area (Å²) in [6.07, 6.45) is 2.26.